The molecule has 0 unspecified atom stereocenters. The average molecular weight is 399 g/mol. The molecule has 0 atom stereocenters. The summed E-state index contributed by atoms with van der Waals surface area (Å²) >= 11 is 1.93. The second-order valence-corrected chi connectivity index (χ2v) is 8.19. The number of amides is 2. The van der Waals surface area contributed by atoms with Crippen molar-refractivity contribution in [3.8, 4) is 0 Å². The molecule has 2 N–H and O–H groups in total. The molecular weight excluding hydrogens is 372 g/mol. The minimum Gasteiger partial charge on any atom is -0.465 e. The normalized spacial score (nSPS) is 15.2. The first kappa shape index (κ1) is 20.3. The zero-order chi connectivity index (χ0) is 19.6. The Bertz CT molecular complexity index is 781. The van der Waals surface area contributed by atoms with Gasteiger partial charge in [0.2, 0.25) is 0 Å². The van der Waals surface area contributed by atoms with Gasteiger partial charge in [0.05, 0.1) is 6.26 Å². The third-order valence-corrected chi connectivity index (χ3v) is 6.03. The lowest BCUT2D eigenvalue weighted by Gasteiger charge is -2.21. The van der Waals surface area contributed by atoms with Crippen molar-refractivity contribution in [1.82, 2.24) is 10.6 Å². The van der Waals surface area contributed by atoms with Crippen LogP contribution in [-0.2, 0) is 4.79 Å². The van der Waals surface area contributed by atoms with Crippen molar-refractivity contribution in [2.75, 3.05) is 12.3 Å². The van der Waals surface area contributed by atoms with Gasteiger partial charge in [0.15, 0.2) is 0 Å². The van der Waals surface area contributed by atoms with Crippen LogP contribution in [0, 0.1) is 0 Å². The summed E-state index contributed by atoms with van der Waals surface area (Å²) in [5.74, 6) is 0.738. The van der Waals surface area contributed by atoms with Crippen LogP contribution in [-0.4, -0.2) is 29.4 Å². The molecule has 2 amide bonds. The Morgan fingerprint density at radius 3 is 2.57 bits per heavy atom. The van der Waals surface area contributed by atoms with Crippen molar-refractivity contribution < 1.29 is 14.0 Å². The molecule has 2 aromatic rings. The second-order valence-electron chi connectivity index (χ2n) is 6.78. The molecule has 1 aromatic carbocycles. The highest BCUT2D eigenvalue weighted by Gasteiger charge is 2.16. The topological polar surface area (TPSA) is 71.3 Å². The molecule has 6 heteroatoms. The maximum Gasteiger partial charge on any atom is 0.267 e. The minimum atomic E-state index is -0.329. The summed E-state index contributed by atoms with van der Waals surface area (Å²) in [4.78, 5) is 25.1. The molecule has 0 aliphatic heterocycles. The number of rotatable bonds is 8. The van der Waals surface area contributed by atoms with Crippen molar-refractivity contribution in [3.63, 3.8) is 0 Å². The molecule has 1 aliphatic carbocycles. The molecule has 1 heterocycles. The highest BCUT2D eigenvalue weighted by Crippen LogP contribution is 2.27. The van der Waals surface area contributed by atoms with Gasteiger partial charge >= 0.3 is 0 Å². The average Bonchev–Trinajstić information content (AvgIpc) is 3.25. The Morgan fingerprint density at radius 2 is 1.86 bits per heavy atom. The number of carbonyl (C=O) groups excluding carboxylic acids is 2. The van der Waals surface area contributed by atoms with Crippen LogP contribution in [0.15, 0.2) is 58.8 Å². The molecule has 0 radical (unpaired) electrons. The van der Waals surface area contributed by atoms with E-state index in [4.69, 9.17) is 4.42 Å². The van der Waals surface area contributed by atoms with E-state index >= 15 is 0 Å². The Morgan fingerprint density at radius 1 is 1.07 bits per heavy atom. The van der Waals surface area contributed by atoms with Crippen molar-refractivity contribution in [1.29, 1.82) is 0 Å². The van der Waals surface area contributed by atoms with Crippen LogP contribution >= 0.6 is 11.8 Å². The second kappa shape index (κ2) is 10.8. The van der Waals surface area contributed by atoms with Crippen molar-refractivity contribution >= 4 is 29.7 Å². The van der Waals surface area contributed by atoms with Crippen LogP contribution < -0.4 is 10.6 Å². The smallest absolute Gasteiger partial charge is 0.267 e. The standard InChI is InChI=1S/C22H26N2O3S/c25-21(17-8-3-1-4-9-17)24-20(16-18-10-7-14-27-18)22(26)23-13-15-28-19-11-5-2-6-12-19/h1,3-4,7-10,14,16,19H,2,5-6,11-13,15H2,(H,23,26)(H,24,25)/b20-16-. The molecule has 3 rings (SSSR count). The van der Waals surface area contributed by atoms with E-state index in [0.717, 1.165) is 5.75 Å². The van der Waals surface area contributed by atoms with Gasteiger partial charge in [0.1, 0.15) is 11.5 Å². The van der Waals surface area contributed by atoms with Crippen LogP contribution in [0.5, 0.6) is 0 Å². The fourth-order valence-electron chi connectivity index (χ4n) is 3.18. The fraction of sp³-hybridized carbons (Fsp3) is 0.364. The molecule has 0 spiro atoms. The monoisotopic (exact) mass is 398 g/mol. The molecular formula is C22H26N2O3S. The largest absolute Gasteiger partial charge is 0.465 e. The Kier molecular flexibility index (Phi) is 7.79. The zero-order valence-electron chi connectivity index (χ0n) is 15.9. The maximum atomic E-state index is 12.6. The summed E-state index contributed by atoms with van der Waals surface area (Å²) in [6, 6.07) is 12.3. The van der Waals surface area contributed by atoms with Gasteiger partial charge in [-0.15, -0.1) is 0 Å². The first-order valence-electron chi connectivity index (χ1n) is 9.74. The van der Waals surface area contributed by atoms with E-state index in [-0.39, 0.29) is 17.5 Å². The first-order valence-corrected chi connectivity index (χ1v) is 10.8. The molecule has 0 bridgehead atoms. The quantitative estimate of drug-likeness (QED) is 0.516. The maximum absolute atomic E-state index is 12.6. The summed E-state index contributed by atoms with van der Waals surface area (Å²) in [5, 5.41) is 6.32. The molecule has 5 nitrogen and oxygen atoms in total. The molecule has 0 saturated heterocycles. The van der Waals surface area contributed by atoms with Crippen molar-refractivity contribution in [3.05, 3.63) is 65.7 Å². The van der Waals surface area contributed by atoms with E-state index in [1.165, 1.54) is 38.4 Å². The number of furan rings is 1. The lowest BCUT2D eigenvalue weighted by atomic mass is 10.0. The van der Waals surface area contributed by atoms with E-state index < -0.39 is 0 Å². The van der Waals surface area contributed by atoms with Gasteiger partial charge in [-0.3, -0.25) is 9.59 Å². The third-order valence-electron chi connectivity index (χ3n) is 4.65. The molecule has 1 saturated carbocycles. The van der Waals surface area contributed by atoms with Crippen LogP contribution in [0.3, 0.4) is 0 Å². The summed E-state index contributed by atoms with van der Waals surface area (Å²) in [6.45, 7) is 0.566. The highest BCUT2D eigenvalue weighted by atomic mass is 32.2. The number of benzene rings is 1. The van der Waals surface area contributed by atoms with Crippen molar-refractivity contribution in [2.45, 2.75) is 37.4 Å². The SMILES string of the molecule is O=C(NCCSC1CCCCC1)/C(=C/c1ccco1)NC(=O)c1ccccc1. The van der Waals surface area contributed by atoms with Gasteiger partial charge < -0.3 is 15.1 Å². The molecule has 28 heavy (non-hydrogen) atoms. The van der Waals surface area contributed by atoms with Gasteiger partial charge in [-0.05, 0) is 37.1 Å². The summed E-state index contributed by atoms with van der Waals surface area (Å²) in [7, 11) is 0. The minimum absolute atomic E-state index is 0.173. The van der Waals surface area contributed by atoms with Gasteiger partial charge in [0, 0.05) is 29.2 Å². The lowest BCUT2D eigenvalue weighted by molar-refractivity contribution is -0.117. The van der Waals surface area contributed by atoms with Gasteiger partial charge in [-0.25, -0.2) is 0 Å². The Balaban J connectivity index is 1.56. The Labute approximate surface area is 170 Å². The van der Waals surface area contributed by atoms with Crippen molar-refractivity contribution in [2.24, 2.45) is 0 Å². The van der Waals surface area contributed by atoms with Gasteiger partial charge in [0.25, 0.3) is 11.8 Å². The third kappa shape index (κ3) is 6.30. The van der Waals surface area contributed by atoms with Crippen LogP contribution in [0.1, 0.15) is 48.2 Å². The predicted molar refractivity (Wildman–Crippen MR) is 113 cm³/mol. The van der Waals surface area contributed by atoms with E-state index in [9.17, 15) is 9.59 Å². The Hall–Kier alpha value is -2.47. The van der Waals surface area contributed by atoms with Crippen LogP contribution in [0.2, 0.25) is 0 Å². The van der Waals surface area contributed by atoms with E-state index in [0.29, 0.717) is 23.1 Å². The molecule has 1 aromatic heterocycles. The van der Waals surface area contributed by atoms with E-state index in [1.807, 2.05) is 17.8 Å². The summed E-state index contributed by atoms with van der Waals surface area (Å²) < 4.78 is 5.29. The highest BCUT2D eigenvalue weighted by molar-refractivity contribution is 7.99. The fourth-order valence-corrected chi connectivity index (χ4v) is 4.40. The van der Waals surface area contributed by atoms with Crippen LogP contribution in [0.25, 0.3) is 6.08 Å². The molecule has 1 fully saturated rings. The van der Waals surface area contributed by atoms with E-state index in [1.54, 1.807) is 42.5 Å². The summed E-state index contributed by atoms with van der Waals surface area (Å²) in [5.41, 5.74) is 0.667. The number of thioether (sulfide) groups is 1. The first-order chi connectivity index (χ1) is 13.7. The number of nitrogens with one attached hydrogen (secondary N) is 2. The lowest BCUT2D eigenvalue weighted by Crippen LogP contribution is -2.36. The summed E-state index contributed by atoms with van der Waals surface area (Å²) in [6.07, 6.45) is 9.59. The predicted octanol–water partition coefficient (Wildman–Crippen LogP) is 4.23. The number of hydrogen-bond donors (Lipinski definition) is 2. The zero-order valence-corrected chi connectivity index (χ0v) is 16.7. The van der Waals surface area contributed by atoms with Gasteiger partial charge in [-0.2, -0.15) is 11.8 Å². The van der Waals surface area contributed by atoms with Gasteiger partial charge in [-0.1, -0.05) is 37.5 Å². The molecule has 148 valence electrons. The number of hydrogen-bond acceptors (Lipinski definition) is 4. The molecule has 1 aliphatic rings. The van der Waals surface area contributed by atoms with Crippen LogP contribution in [0.4, 0.5) is 0 Å². The number of carbonyl (C=O) groups is 2. The van der Waals surface area contributed by atoms with E-state index in [2.05, 4.69) is 10.6 Å².